The van der Waals surface area contributed by atoms with Gasteiger partial charge < -0.3 is 5.73 Å². The van der Waals surface area contributed by atoms with Gasteiger partial charge in [-0.25, -0.2) is 0 Å². The van der Waals surface area contributed by atoms with E-state index in [4.69, 9.17) is 9.85 Å². The minimum absolute atomic E-state index is 0. The van der Waals surface area contributed by atoms with Crippen molar-refractivity contribution in [1.29, 1.82) is 0 Å². The Morgan fingerprint density at radius 2 is 2.33 bits per heavy atom. The third-order valence-corrected chi connectivity index (χ3v) is 0.789. The third-order valence-electron chi connectivity index (χ3n) is 0.789. The van der Waals surface area contributed by atoms with Gasteiger partial charge in [-0.1, -0.05) is 0 Å². The molecule has 0 aliphatic heterocycles. The second kappa shape index (κ2) is 1.39. The van der Waals surface area contributed by atoms with Crippen LogP contribution in [0.3, 0.4) is 0 Å². The molecule has 6 heavy (non-hydrogen) atoms. The lowest BCUT2D eigenvalue weighted by molar-refractivity contribution is 0.762. The van der Waals surface area contributed by atoms with Gasteiger partial charge in [0.25, 0.3) is 0 Å². The smallest absolute Gasteiger partial charge is 0.0249 e. The summed E-state index contributed by atoms with van der Waals surface area (Å²) in [7, 11) is 0. The summed E-state index contributed by atoms with van der Waals surface area (Å²) < 4.78 is 20.6. The van der Waals surface area contributed by atoms with Gasteiger partial charge in [-0.3, -0.25) is 0 Å². The number of hydrogen-bond acceptors (Lipinski definition) is 1. The lowest BCUT2D eigenvalue weighted by atomic mass is 10.4. The van der Waals surface area contributed by atoms with Gasteiger partial charge in [-0.15, -0.1) is 12.4 Å². The predicted octanol–water partition coefficient (Wildman–Crippen LogP) is 0.919. The number of halogens is 1. The largest absolute Gasteiger partial charge is 0.325 e. The maximum absolute atomic E-state index is 6.85. The van der Waals surface area contributed by atoms with Crippen molar-refractivity contribution in [3.05, 3.63) is 0 Å². The fourth-order valence-electron chi connectivity index (χ4n) is 0.135. The lowest BCUT2D eigenvalue weighted by Crippen LogP contribution is -2.14. The molecule has 1 fully saturated rings. The summed E-state index contributed by atoms with van der Waals surface area (Å²) in [6.07, 6.45) is 1.31. The molecule has 1 saturated carbocycles. The summed E-state index contributed by atoms with van der Waals surface area (Å²) in [5, 5.41) is 0. The van der Waals surface area contributed by atoms with Gasteiger partial charge in [0.2, 0.25) is 0 Å². The molecule has 0 aromatic rings. The van der Waals surface area contributed by atoms with Crippen LogP contribution in [-0.4, -0.2) is 5.54 Å². The van der Waals surface area contributed by atoms with Crippen LogP contribution in [0.4, 0.5) is 0 Å². The average Bonchev–Trinajstić information content (AvgIpc) is 2.16. The van der Waals surface area contributed by atoms with Crippen molar-refractivity contribution in [3.63, 3.8) is 0 Å². The van der Waals surface area contributed by atoms with E-state index in [0.717, 1.165) is 0 Å². The van der Waals surface area contributed by atoms with E-state index in [1.165, 1.54) is 0 Å². The quantitative estimate of drug-likeness (QED) is 0.493. The second-order valence-corrected chi connectivity index (χ2v) is 1.66. The second-order valence-electron chi connectivity index (χ2n) is 1.66. The standard InChI is InChI=1S/C4H9N.ClH/c1-4(5)2-3-4;/h2-3,5H2,1H3;1H/i1D3;. The summed E-state index contributed by atoms with van der Waals surface area (Å²) in [6, 6.07) is 0. The van der Waals surface area contributed by atoms with Crippen LogP contribution in [0.1, 0.15) is 23.8 Å². The van der Waals surface area contributed by atoms with Gasteiger partial charge in [-0.2, -0.15) is 0 Å². The van der Waals surface area contributed by atoms with Crippen molar-refractivity contribution < 1.29 is 4.11 Å². The van der Waals surface area contributed by atoms with Crippen LogP contribution in [0.25, 0.3) is 0 Å². The van der Waals surface area contributed by atoms with Crippen LogP contribution in [0.5, 0.6) is 0 Å². The van der Waals surface area contributed by atoms with Gasteiger partial charge in [0.1, 0.15) is 0 Å². The number of nitrogens with two attached hydrogens (primary N) is 1. The van der Waals surface area contributed by atoms with E-state index in [0.29, 0.717) is 12.8 Å². The number of rotatable bonds is 0. The Labute approximate surface area is 48.5 Å². The molecule has 2 N–H and O–H groups in total. The van der Waals surface area contributed by atoms with Gasteiger partial charge >= 0.3 is 0 Å². The van der Waals surface area contributed by atoms with Crippen LogP contribution < -0.4 is 5.73 Å². The maximum Gasteiger partial charge on any atom is 0.0249 e. The molecule has 0 aromatic carbocycles. The third kappa shape index (κ3) is 1.63. The summed E-state index contributed by atoms with van der Waals surface area (Å²) in [6.45, 7) is -1.92. The van der Waals surface area contributed by atoms with Gasteiger partial charge in [0, 0.05) is 9.65 Å². The summed E-state index contributed by atoms with van der Waals surface area (Å²) in [4.78, 5) is 0. The van der Waals surface area contributed by atoms with E-state index in [2.05, 4.69) is 0 Å². The Morgan fingerprint density at radius 1 is 1.83 bits per heavy atom. The Bertz CT molecular complexity index is 104. The van der Waals surface area contributed by atoms with E-state index >= 15 is 0 Å². The number of hydrogen-bond donors (Lipinski definition) is 1. The van der Waals surface area contributed by atoms with Crippen molar-refractivity contribution in [2.45, 2.75) is 25.2 Å². The zero-order valence-electron chi connectivity index (χ0n) is 6.40. The molecule has 0 aromatic heterocycles. The van der Waals surface area contributed by atoms with Gasteiger partial charge in [0.05, 0.1) is 0 Å². The van der Waals surface area contributed by atoms with Crippen molar-refractivity contribution >= 4 is 12.4 Å². The fraction of sp³-hybridized carbons (Fsp3) is 1.00. The molecule has 0 bridgehead atoms. The molecule has 38 valence electrons. The molecule has 0 unspecified atom stereocenters. The molecule has 0 atom stereocenters. The van der Waals surface area contributed by atoms with E-state index in [1.807, 2.05) is 0 Å². The summed E-state index contributed by atoms with van der Waals surface area (Å²) in [5.74, 6) is 0. The highest BCUT2D eigenvalue weighted by molar-refractivity contribution is 5.85. The molecule has 1 nitrogen and oxygen atoms in total. The fourth-order valence-corrected chi connectivity index (χ4v) is 0.135. The highest BCUT2D eigenvalue weighted by Crippen LogP contribution is 2.30. The lowest BCUT2D eigenvalue weighted by Gasteiger charge is -1.88. The van der Waals surface area contributed by atoms with Crippen molar-refractivity contribution in [3.8, 4) is 0 Å². The van der Waals surface area contributed by atoms with Gasteiger partial charge in [-0.05, 0) is 19.7 Å². The van der Waals surface area contributed by atoms with E-state index in [9.17, 15) is 0 Å². The highest BCUT2D eigenvalue weighted by Gasteiger charge is 2.31. The zero-order chi connectivity index (χ0) is 6.41. The van der Waals surface area contributed by atoms with Crippen LogP contribution >= 0.6 is 12.4 Å². The van der Waals surface area contributed by atoms with Crippen LogP contribution in [-0.2, 0) is 0 Å². The SMILES string of the molecule is Cl.[2H]C([2H])([2H])C1(N)CC1. The molecule has 0 spiro atoms. The van der Waals surface area contributed by atoms with Crippen LogP contribution in [0.2, 0.25) is 0 Å². The van der Waals surface area contributed by atoms with Crippen molar-refractivity contribution in [1.82, 2.24) is 0 Å². The molecular weight excluding hydrogens is 97.5 g/mol. The predicted molar refractivity (Wildman–Crippen MR) is 29.1 cm³/mol. The molecule has 1 aliphatic carbocycles. The monoisotopic (exact) mass is 110 g/mol. The zero-order valence-corrected chi connectivity index (χ0v) is 4.22. The average molecular weight is 111 g/mol. The molecular formula is C4H10ClN. The first-order valence-corrected chi connectivity index (χ1v) is 1.75. The van der Waals surface area contributed by atoms with Crippen molar-refractivity contribution in [2.24, 2.45) is 5.73 Å². The molecule has 2 heteroatoms. The molecule has 1 rings (SSSR count). The maximum atomic E-state index is 6.85. The molecule has 1 aliphatic rings. The van der Waals surface area contributed by atoms with Crippen LogP contribution in [0.15, 0.2) is 0 Å². The van der Waals surface area contributed by atoms with Crippen LogP contribution in [0, 0.1) is 0 Å². The first-order valence-electron chi connectivity index (χ1n) is 3.25. The minimum Gasteiger partial charge on any atom is -0.325 e. The van der Waals surface area contributed by atoms with E-state index < -0.39 is 12.4 Å². The summed E-state index contributed by atoms with van der Waals surface area (Å²) in [5.41, 5.74) is 4.55. The minimum atomic E-state index is -1.92. The topological polar surface area (TPSA) is 26.0 Å². The molecule has 0 saturated heterocycles. The molecule has 0 amide bonds. The van der Waals surface area contributed by atoms with Gasteiger partial charge in [0.15, 0.2) is 0 Å². The van der Waals surface area contributed by atoms with Crippen molar-refractivity contribution in [2.75, 3.05) is 0 Å². The van der Waals surface area contributed by atoms with E-state index in [-0.39, 0.29) is 12.4 Å². The Morgan fingerprint density at radius 3 is 2.33 bits per heavy atom. The molecule has 0 heterocycles. The first kappa shape index (κ1) is 2.53. The van der Waals surface area contributed by atoms with E-state index in [1.54, 1.807) is 0 Å². The Kier molecular flexibility index (Phi) is 0.588. The molecule has 0 radical (unpaired) electrons. The Balaban J connectivity index is 0.000000640. The summed E-state index contributed by atoms with van der Waals surface area (Å²) >= 11 is 0. The normalized spacial score (nSPS) is 34.5. The Hall–Kier alpha value is 0.250. The first-order chi connectivity index (χ1) is 3.46. The highest BCUT2D eigenvalue weighted by atomic mass is 35.5.